The molecule has 4 heteroatoms. The summed E-state index contributed by atoms with van der Waals surface area (Å²) >= 11 is 0. The monoisotopic (exact) mass is 178 g/mol. The number of nitrogens with two attached hydrogens (primary N) is 2. The molecule has 0 bridgehead atoms. The minimum Gasteiger partial charge on any atom is -0.401 e. The van der Waals surface area contributed by atoms with Gasteiger partial charge in [-0.1, -0.05) is 13.2 Å². The van der Waals surface area contributed by atoms with E-state index in [1.807, 2.05) is 0 Å². The van der Waals surface area contributed by atoms with Crippen molar-refractivity contribution in [2.75, 3.05) is 0 Å². The van der Waals surface area contributed by atoms with Gasteiger partial charge in [0.05, 0.1) is 11.9 Å². The van der Waals surface area contributed by atoms with Gasteiger partial charge in [0.2, 0.25) is 0 Å². The van der Waals surface area contributed by atoms with Crippen molar-refractivity contribution < 1.29 is 0 Å². The van der Waals surface area contributed by atoms with E-state index in [9.17, 15) is 0 Å². The predicted octanol–water partition coefficient (Wildman–Crippen LogP) is 0.934. The molecular formula is C9H14N4. The van der Waals surface area contributed by atoms with E-state index in [0.717, 1.165) is 0 Å². The molecule has 0 aliphatic heterocycles. The van der Waals surface area contributed by atoms with Gasteiger partial charge in [-0.05, 0) is 6.92 Å². The first-order valence-electron chi connectivity index (χ1n) is 3.66. The van der Waals surface area contributed by atoms with Crippen LogP contribution in [0.3, 0.4) is 0 Å². The van der Waals surface area contributed by atoms with E-state index in [-0.39, 0.29) is 0 Å². The van der Waals surface area contributed by atoms with Gasteiger partial charge >= 0.3 is 0 Å². The minimum absolute atomic E-state index is 0.336. The van der Waals surface area contributed by atoms with Gasteiger partial charge in [0.25, 0.3) is 0 Å². The maximum Gasteiger partial charge on any atom is 0.104 e. The summed E-state index contributed by atoms with van der Waals surface area (Å²) in [7, 11) is 0. The highest BCUT2D eigenvalue weighted by molar-refractivity contribution is 6.37. The van der Waals surface area contributed by atoms with E-state index in [2.05, 4.69) is 23.1 Å². The summed E-state index contributed by atoms with van der Waals surface area (Å²) in [5.74, 6) is 0. The average molecular weight is 178 g/mol. The second-order valence-corrected chi connectivity index (χ2v) is 2.37. The Morgan fingerprint density at radius 1 is 1.38 bits per heavy atom. The van der Waals surface area contributed by atoms with E-state index in [4.69, 9.17) is 11.5 Å². The summed E-state index contributed by atoms with van der Waals surface area (Å²) in [6.07, 6.45) is 4.34. The second-order valence-electron chi connectivity index (χ2n) is 2.37. The Morgan fingerprint density at radius 3 is 2.38 bits per heavy atom. The van der Waals surface area contributed by atoms with Gasteiger partial charge in [-0.15, -0.1) is 0 Å². The molecule has 70 valence electrons. The Kier molecular flexibility index (Phi) is 4.95. The highest BCUT2D eigenvalue weighted by Gasteiger charge is 1.93. The lowest BCUT2D eigenvalue weighted by Gasteiger charge is -1.95. The van der Waals surface area contributed by atoms with Crippen LogP contribution in [0, 0.1) is 0 Å². The first-order chi connectivity index (χ1) is 6.07. The molecule has 0 unspecified atom stereocenters. The zero-order valence-corrected chi connectivity index (χ0v) is 7.70. The molecule has 0 aliphatic rings. The van der Waals surface area contributed by atoms with Gasteiger partial charge in [0, 0.05) is 18.1 Å². The van der Waals surface area contributed by atoms with Crippen LogP contribution >= 0.6 is 0 Å². The van der Waals surface area contributed by atoms with Crippen LogP contribution in [-0.4, -0.2) is 11.9 Å². The van der Waals surface area contributed by atoms with Gasteiger partial charge in [-0.3, -0.25) is 9.98 Å². The molecule has 0 atom stereocenters. The molecule has 0 aromatic heterocycles. The molecule has 0 amide bonds. The zero-order chi connectivity index (χ0) is 10.3. The number of aliphatic imine (C=N–C) groups is 2. The molecule has 13 heavy (non-hydrogen) atoms. The Balaban J connectivity index is 4.70. The Labute approximate surface area is 78.1 Å². The zero-order valence-electron chi connectivity index (χ0n) is 7.70. The summed E-state index contributed by atoms with van der Waals surface area (Å²) in [4.78, 5) is 7.74. The van der Waals surface area contributed by atoms with Crippen LogP contribution in [0.15, 0.2) is 46.9 Å². The van der Waals surface area contributed by atoms with Crippen LogP contribution in [0.5, 0.6) is 0 Å². The standard InChI is InChI=1S/C9H14N4/c1-4-12-6-9(8(3)11)13-5-7(2)10/h4-6H,1,3,10-11H2,2H3/b7-5-,12-6?,13-9?. The lowest BCUT2D eigenvalue weighted by molar-refractivity contribution is 1.27. The number of hydrogen-bond acceptors (Lipinski definition) is 4. The van der Waals surface area contributed by atoms with Crippen LogP contribution in [0.4, 0.5) is 0 Å². The highest BCUT2D eigenvalue weighted by atomic mass is 14.8. The van der Waals surface area contributed by atoms with E-state index in [0.29, 0.717) is 17.1 Å². The fourth-order valence-corrected chi connectivity index (χ4v) is 0.494. The molecule has 4 N–H and O–H groups in total. The van der Waals surface area contributed by atoms with Gasteiger partial charge < -0.3 is 11.5 Å². The topological polar surface area (TPSA) is 76.8 Å². The average Bonchev–Trinajstić information content (AvgIpc) is 2.03. The molecule has 0 aromatic rings. The summed E-state index contributed by atoms with van der Waals surface area (Å²) in [6.45, 7) is 8.69. The minimum atomic E-state index is 0.336. The third kappa shape index (κ3) is 5.43. The third-order valence-electron chi connectivity index (χ3n) is 1.04. The molecule has 0 radical (unpaired) electrons. The molecule has 0 spiro atoms. The normalized spacial score (nSPS) is 13.3. The Hall–Kier alpha value is -1.84. The van der Waals surface area contributed by atoms with Crippen molar-refractivity contribution in [3.05, 3.63) is 37.0 Å². The van der Waals surface area contributed by atoms with Crippen molar-refractivity contribution >= 4 is 11.9 Å². The van der Waals surface area contributed by atoms with E-state index < -0.39 is 0 Å². The Morgan fingerprint density at radius 2 is 2.00 bits per heavy atom. The fourth-order valence-electron chi connectivity index (χ4n) is 0.494. The molecule has 0 saturated carbocycles. The lowest BCUT2D eigenvalue weighted by atomic mass is 10.3. The largest absolute Gasteiger partial charge is 0.401 e. The first-order valence-corrected chi connectivity index (χ1v) is 3.66. The third-order valence-corrected chi connectivity index (χ3v) is 1.04. The van der Waals surface area contributed by atoms with E-state index in [1.54, 1.807) is 6.92 Å². The lowest BCUT2D eigenvalue weighted by Crippen LogP contribution is -2.11. The first kappa shape index (κ1) is 11.2. The summed E-state index contributed by atoms with van der Waals surface area (Å²) in [5, 5.41) is 0. The summed E-state index contributed by atoms with van der Waals surface area (Å²) < 4.78 is 0. The summed E-state index contributed by atoms with van der Waals surface area (Å²) in [6, 6.07) is 0. The quantitative estimate of drug-likeness (QED) is 0.628. The predicted molar refractivity (Wildman–Crippen MR) is 57.4 cm³/mol. The second kappa shape index (κ2) is 5.77. The number of nitrogens with zero attached hydrogens (tertiary/aromatic N) is 2. The Bertz CT molecular complexity index is 280. The van der Waals surface area contributed by atoms with Crippen molar-refractivity contribution in [2.24, 2.45) is 21.5 Å². The maximum absolute atomic E-state index is 5.44. The molecule has 0 aromatic carbocycles. The van der Waals surface area contributed by atoms with Gasteiger partial charge in [-0.2, -0.15) is 0 Å². The highest BCUT2D eigenvalue weighted by Crippen LogP contribution is 1.89. The molecule has 0 heterocycles. The van der Waals surface area contributed by atoms with Crippen molar-refractivity contribution in [1.82, 2.24) is 0 Å². The van der Waals surface area contributed by atoms with E-state index in [1.165, 1.54) is 18.6 Å². The fraction of sp³-hybridized carbons (Fsp3) is 0.111. The van der Waals surface area contributed by atoms with Crippen LogP contribution in [0.2, 0.25) is 0 Å². The van der Waals surface area contributed by atoms with E-state index >= 15 is 0 Å². The molecule has 0 aliphatic carbocycles. The van der Waals surface area contributed by atoms with Crippen LogP contribution in [0.25, 0.3) is 0 Å². The molecule has 4 nitrogen and oxygen atoms in total. The summed E-state index contributed by atoms with van der Waals surface area (Å²) in [5.41, 5.74) is 12.2. The van der Waals surface area contributed by atoms with Crippen molar-refractivity contribution in [3.8, 4) is 0 Å². The molecular weight excluding hydrogens is 164 g/mol. The van der Waals surface area contributed by atoms with Gasteiger partial charge in [0.1, 0.15) is 5.71 Å². The van der Waals surface area contributed by atoms with Crippen LogP contribution < -0.4 is 11.5 Å². The van der Waals surface area contributed by atoms with Crippen molar-refractivity contribution in [2.45, 2.75) is 6.92 Å². The molecule has 0 rings (SSSR count). The SMILES string of the molecule is C=CN=CC(=N/C=C(/C)N)C(=C)N. The maximum atomic E-state index is 5.44. The molecule has 0 saturated heterocycles. The van der Waals surface area contributed by atoms with Gasteiger partial charge in [-0.25, -0.2) is 0 Å². The number of rotatable bonds is 4. The van der Waals surface area contributed by atoms with Crippen molar-refractivity contribution in [3.63, 3.8) is 0 Å². The number of allylic oxidation sites excluding steroid dienone is 2. The number of hydrogen-bond donors (Lipinski definition) is 2. The van der Waals surface area contributed by atoms with Crippen LogP contribution in [0.1, 0.15) is 6.92 Å². The van der Waals surface area contributed by atoms with Crippen molar-refractivity contribution in [1.29, 1.82) is 0 Å². The van der Waals surface area contributed by atoms with Gasteiger partial charge in [0.15, 0.2) is 0 Å². The smallest absolute Gasteiger partial charge is 0.104 e. The van der Waals surface area contributed by atoms with Crippen LogP contribution in [-0.2, 0) is 0 Å². The molecule has 0 fully saturated rings.